The Morgan fingerprint density at radius 2 is 1.82 bits per heavy atom. The van der Waals surface area contributed by atoms with Crippen LogP contribution in [0.15, 0.2) is 60.0 Å². The number of sulfonamides is 1. The van der Waals surface area contributed by atoms with Crippen LogP contribution in [0.4, 0.5) is 0 Å². The Morgan fingerprint density at radius 1 is 1.14 bits per heavy atom. The summed E-state index contributed by atoms with van der Waals surface area (Å²) in [4.78, 5) is 0.360. The van der Waals surface area contributed by atoms with Gasteiger partial charge in [0.1, 0.15) is 0 Å². The second-order valence-corrected chi connectivity index (χ2v) is 7.46. The van der Waals surface area contributed by atoms with E-state index >= 15 is 0 Å². The zero-order chi connectivity index (χ0) is 15.7. The second-order valence-electron chi connectivity index (χ2n) is 5.57. The van der Waals surface area contributed by atoms with Crippen LogP contribution in [0.5, 0.6) is 0 Å². The molecule has 1 saturated heterocycles. The molecule has 1 atom stereocenters. The van der Waals surface area contributed by atoms with E-state index in [2.05, 4.69) is 6.58 Å². The maximum absolute atomic E-state index is 12.8. The molecule has 3 nitrogen and oxygen atoms in total. The monoisotopic (exact) mass is 313 g/mol. The van der Waals surface area contributed by atoms with E-state index in [0.717, 1.165) is 23.1 Å². The predicted molar refractivity (Wildman–Crippen MR) is 89.0 cm³/mol. The van der Waals surface area contributed by atoms with E-state index in [1.165, 1.54) is 0 Å². The quantitative estimate of drug-likeness (QED) is 0.861. The molecule has 0 aromatic heterocycles. The highest BCUT2D eigenvalue weighted by Gasteiger charge is 2.39. The summed E-state index contributed by atoms with van der Waals surface area (Å²) in [6.45, 7) is 6.33. The molecule has 3 rings (SSSR count). The van der Waals surface area contributed by atoms with Gasteiger partial charge in [0.15, 0.2) is 0 Å². The molecule has 0 amide bonds. The summed E-state index contributed by atoms with van der Waals surface area (Å²) in [5, 5.41) is 0. The third kappa shape index (κ3) is 2.49. The zero-order valence-electron chi connectivity index (χ0n) is 12.6. The number of hydrogen-bond acceptors (Lipinski definition) is 2. The highest BCUT2D eigenvalue weighted by atomic mass is 32.2. The molecule has 1 unspecified atom stereocenters. The predicted octanol–water partition coefficient (Wildman–Crippen LogP) is 3.77. The first kappa shape index (κ1) is 15.0. The van der Waals surface area contributed by atoms with Crippen LogP contribution in [-0.2, 0) is 10.0 Å². The molecular formula is C18H19NO2S. The van der Waals surface area contributed by atoms with Gasteiger partial charge in [0.25, 0.3) is 0 Å². The largest absolute Gasteiger partial charge is 0.243 e. The Balaban J connectivity index is 1.95. The van der Waals surface area contributed by atoms with Crippen LogP contribution in [-0.4, -0.2) is 19.3 Å². The number of aryl methyl sites for hydroxylation is 1. The topological polar surface area (TPSA) is 37.4 Å². The molecule has 2 aromatic carbocycles. The molecule has 114 valence electrons. The third-order valence-corrected chi connectivity index (χ3v) is 6.10. The fourth-order valence-electron chi connectivity index (χ4n) is 2.81. The molecule has 22 heavy (non-hydrogen) atoms. The lowest BCUT2D eigenvalue weighted by Gasteiger charge is -2.40. The first-order valence-electron chi connectivity index (χ1n) is 7.34. The van der Waals surface area contributed by atoms with E-state index in [1.807, 2.05) is 43.3 Å². The molecule has 0 saturated carbocycles. The van der Waals surface area contributed by atoms with Crippen LogP contribution >= 0.6 is 0 Å². The lowest BCUT2D eigenvalue weighted by molar-refractivity contribution is 0.202. The van der Waals surface area contributed by atoms with E-state index in [-0.39, 0.29) is 6.04 Å². The first-order valence-corrected chi connectivity index (χ1v) is 8.78. The smallest absolute Gasteiger partial charge is 0.207 e. The highest BCUT2D eigenvalue weighted by Crippen LogP contribution is 2.39. The van der Waals surface area contributed by atoms with Crippen LogP contribution in [0.25, 0.3) is 6.08 Å². The summed E-state index contributed by atoms with van der Waals surface area (Å²) < 4.78 is 27.2. The van der Waals surface area contributed by atoms with Crippen LogP contribution < -0.4 is 0 Å². The Bertz CT molecular complexity index is 794. The van der Waals surface area contributed by atoms with Crippen LogP contribution in [0, 0.1) is 6.92 Å². The fourth-order valence-corrected chi connectivity index (χ4v) is 4.46. The summed E-state index contributed by atoms with van der Waals surface area (Å²) in [5.74, 6) is 0. The summed E-state index contributed by atoms with van der Waals surface area (Å²) in [5.41, 5.74) is 3.08. The van der Waals surface area contributed by atoms with Crippen molar-refractivity contribution in [3.63, 3.8) is 0 Å². The van der Waals surface area contributed by atoms with Gasteiger partial charge in [-0.3, -0.25) is 0 Å². The van der Waals surface area contributed by atoms with Gasteiger partial charge in [0, 0.05) is 6.54 Å². The standard InChI is InChI=1S/C18H19NO2S/c1-3-15-6-4-5-7-17(15)18-12-13-19(18)22(20,21)16-10-8-14(2)9-11-16/h3-11,18H,1,12-13H2,2H3. The van der Waals surface area contributed by atoms with Crippen LogP contribution in [0.2, 0.25) is 0 Å². The van der Waals surface area contributed by atoms with Crippen molar-refractivity contribution in [2.45, 2.75) is 24.3 Å². The molecule has 1 heterocycles. The van der Waals surface area contributed by atoms with Crippen molar-refractivity contribution >= 4 is 16.1 Å². The minimum Gasteiger partial charge on any atom is -0.207 e. The second kappa shape index (κ2) is 5.71. The van der Waals surface area contributed by atoms with Crippen LogP contribution in [0.1, 0.15) is 29.2 Å². The first-order chi connectivity index (χ1) is 10.5. The lowest BCUT2D eigenvalue weighted by atomic mass is 9.93. The highest BCUT2D eigenvalue weighted by molar-refractivity contribution is 7.89. The van der Waals surface area contributed by atoms with Crippen molar-refractivity contribution in [1.82, 2.24) is 4.31 Å². The summed E-state index contributed by atoms with van der Waals surface area (Å²) in [6.07, 6.45) is 2.63. The molecule has 2 aromatic rings. The van der Waals surface area contributed by atoms with Crippen molar-refractivity contribution < 1.29 is 8.42 Å². The summed E-state index contributed by atoms with van der Waals surface area (Å²) in [6, 6.07) is 14.8. The van der Waals surface area contributed by atoms with Crippen LogP contribution in [0.3, 0.4) is 0 Å². The summed E-state index contributed by atoms with van der Waals surface area (Å²) in [7, 11) is -3.44. The van der Waals surface area contributed by atoms with Crippen molar-refractivity contribution in [3.8, 4) is 0 Å². The maximum atomic E-state index is 12.8. The maximum Gasteiger partial charge on any atom is 0.243 e. The van der Waals surface area contributed by atoms with Gasteiger partial charge in [-0.15, -0.1) is 0 Å². The molecule has 0 aliphatic carbocycles. The van der Waals surface area contributed by atoms with E-state index in [9.17, 15) is 8.42 Å². The van der Waals surface area contributed by atoms with Gasteiger partial charge in [-0.25, -0.2) is 8.42 Å². The van der Waals surface area contributed by atoms with Gasteiger partial charge in [0.05, 0.1) is 10.9 Å². The van der Waals surface area contributed by atoms with E-state index < -0.39 is 10.0 Å². The number of rotatable bonds is 4. The van der Waals surface area contributed by atoms with Gasteiger partial charge < -0.3 is 0 Å². The van der Waals surface area contributed by atoms with Gasteiger partial charge in [-0.05, 0) is 36.6 Å². The van der Waals surface area contributed by atoms with Crippen molar-refractivity contribution in [3.05, 3.63) is 71.8 Å². The average Bonchev–Trinajstić information content (AvgIpc) is 2.46. The minimum atomic E-state index is -3.44. The fraction of sp³-hybridized carbons (Fsp3) is 0.222. The average molecular weight is 313 g/mol. The molecule has 0 N–H and O–H groups in total. The minimum absolute atomic E-state index is 0.0968. The Kier molecular flexibility index (Phi) is 3.89. The SMILES string of the molecule is C=Cc1ccccc1C1CCN1S(=O)(=O)c1ccc(C)cc1. The number of hydrogen-bond donors (Lipinski definition) is 0. The number of benzene rings is 2. The Hall–Kier alpha value is -1.91. The number of nitrogens with zero attached hydrogens (tertiary/aromatic N) is 1. The molecule has 0 radical (unpaired) electrons. The summed E-state index contributed by atoms with van der Waals surface area (Å²) >= 11 is 0. The van der Waals surface area contributed by atoms with E-state index in [4.69, 9.17) is 0 Å². The van der Waals surface area contributed by atoms with E-state index in [1.54, 1.807) is 22.5 Å². The van der Waals surface area contributed by atoms with E-state index in [0.29, 0.717) is 11.4 Å². The molecule has 0 bridgehead atoms. The Labute approximate surface area is 132 Å². The lowest BCUT2D eigenvalue weighted by Crippen LogP contribution is -2.45. The van der Waals surface area contributed by atoms with Crippen molar-refractivity contribution in [1.29, 1.82) is 0 Å². The molecule has 4 heteroatoms. The Morgan fingerprint density at radius 3 is 2.41 bits per heavy atom. The molecular weight excluding hydrogens is 294 g/mol. The van der Waals surface area contributed by atoms with Crippen molar-refractivity contribution in [2.24, 2.45) is 0 Å². The van der Waals surface area contributed by atoms with Gasteiger partial charge >= 0.3 is 0 Å². The van der Waals surface area contributed by atoms with Gasteiger partial charge in [0.2, 0.25) is 10.0 Å². The molecule has 1 fully saturated rings. The zero-order valence-corrected chi connectivity index (χ0v) is 13.4. The molecule has 1 aliphatic rings. The molecule has 1 aliphatic heterocycles. The van der Waals surface area contributed by atoms with Gasteiger partial charge in [-0.1, -0.05) is 54.6 Å². The third-order valence-electron chi connectivity index (χ3n) is 4.17. The molecule has 0 spiro atoms. The normalized spacial score (nSPS) is 18.7. The van der Waals surface area contributed by atoms with Crippen molar-refractivity contribution in [2.75, 3.05) is 6.54 Å². The van der Waals surface area contributed by atoms with Gasteiger partial charge in [-0.2, -0.15) is 4.31 Å².